The molecule has 0 spiro atoms. The predicted molar refractivity (Wildman–Crippen MR) is 114 cm³/mol. The summed E-state index contributed by atoms with van der Waals surface area (Å²) in [6, 6.07) is 7.83. The lowest BCUT2D eigenvalue weighted by Gasteiger charge is -2.20. The molecule has 0 aliphatic heterocycles. The van der Waals surface area contributed by atoms with Crippen molar-refractivity contribution in [3.8, 4) is 0 Å². The first-order valence-electron chi connectivity index (χ1n) is 10.8. The lowest BCUT2D eigenvalue weighted by Crippen LogP contribution is -2.24. The van der Waals surface area contributed by atoms with Crippen molar-refractivity contribution < 1.29 is 27.1 Å². The minimum Gasteiger partial charge on any atom is -0.394 e. The lowest BCUT2D eigenvalue weighted by molar-refractivity contribution is -0.118. The molecule has 2 aromatic rings. The van der Waals surface area contributed by atoms with E-state index in [0.29, 0.717) is 24.2 Å². The fourth-order valence-corrected chi connectivity index (χ4v) is 5.94. The number of carbonyl (C=O) groups excluding carboxylic acids is 1. The number of nitrogens with zero attached hydrogens (tertiary/aromatic N) is 2. The van der Waals surface area contributed by atoms with E-state index in [1.54, 1.807) is 24.4 Å². The van der Waals surface area contributed by atoms with Gasteiger partial charge in [0.25, 0.3) is 0 Å². The first-order chi connectivity index (χ1) is 15.3. The number of amides is 1. The molecule has 1 unspecified atom stereocenters. The van der Waals surface area contributed by atoms with Crippen molar-refractivity contribution in [1.82, 2.24) is 9.78 Å². The van der Waals surface area contributed by atoms with Gasteiger partial charge in [-0.25, -0.2) is 17.2 Å². The molecule has 4 rings (SSSR count). The van der Waals surface area contributed by atoms with Crippen molar-refractivity contribution in [2.75, 3.05) is 11.9 Å². The fourth-order valence-electron chi connectivity index (χ4n) is 4.28. The van der Waals surface area contributed by atoms with Crippen LogP contribution in [0.5, 0.6) is 0 Å². The molecule has 1 amide bonds. The second-order valence-electron chi connectivity index (χ2n) is 8.65. The number of hydrogen-bond acceptors (Lipinski definition) is 5. The van der Waals surface area contributed by atoms with Crippen LogP contribution in [0, 0.1) is 5.92 Å². The minimum atomic E-state index is -3.35. The van der Waals surface area contributed by atoms with Crippen LogP contribution < -0.4 is 5.32 Å². The van der Waals surface area contributed by atoms with Crippen LogP contribution in [0.25, 0.3) is 0 Å². The zero-order valence-electron chi connectivity index (χ0n) is 17.5. The van der Waals surface area contributed by atoms with Gasteiger partial charge in [-0.3, -0.25) is 9.48 Å². The first kappa shape index (κ1) is 22.8. The van der Waals surface area contributed by atoms with Gasteiger partial charge in [0.2, 0.25) is 5.91 Å². The molecule has 1 heterocycles. The van der Waals surface area contributed by atoms with Gasteiger partial charge >= 0.3 is 0 Å². The smallest absolute Gasteiger partial charge is 0.233 e. The van der Waals surface area contributed by atoms with Gasteiger partial charge in [0.1, 0.15) is 12.3 Å². The molecule has 1 aromatic heterocycles. The normalized spacial score (nSPS) is 24.4. The molecule has 174 valence electrons. The molecule has 0 saturated heterocycles. The Bertz CT molecular complexity index is 1040. The van der Waals surface area contributed by atoms with Crippen molar-refractivity contribution in [2.24, 2.45) is 5.92 Å². The van der Waals surface area contributed by atoms with Gasteiger partial charge in [0.15, 0.2) is 15.7 Å². The van der Waals surface area contributed by atoms with Crippen LogP contribution in [0.15, 0.2) is 41.4 Å². The first-order valence-corrected chi connectivity index (χ1v) is 12.4. The van der Waals surface area contributed by atoms with E-state index in [0.717, 1.165) is 0 Å². The maximum Gasteiger partial charge on any atom is 0.233 e. The van der Waals surface area contributed by atoms with E-state index in [1.165, 1.54) is 16.8 Å². The number of rotatable bonds is 9. The van der Waals surface area contributed by atoms with Crippen molar-refractivity contribution >= 4 is 21.6 Å². The molecule has 0 bridgehead atoms. The number of alkyl halides is 2. The number of benzene rings is 1. The molecule has 4 atom stereocenters. The topological polar surface area (TPSA) is 101 Å². The van der Waals surface area contributed by atoms with Crippen molar-refractivity contribution in [3.05, 3.63) is 42.1 Å². The molecule has 0 radical (unpaired) electrons. The molecular formula is C22H27F2N3O4S. The van der Waals surface area contributed by atoms with E-state index in [2.05, 4.69) is 10.4 Å². The average Bonchev–Trinajstić information content (AvgIpc) is 3.47. The third-order valence-corrected chi connectivity index (χ3v) is 8.47. The Labute approximate surface area is 185 Å². The highest BCUT2D eigenvalue weighted by molar-refractivity contribution is 7.92. The third-order valence-electron chi connectivity index (χ3n) is 6.19. The highest BCUT2D eigenvalue weighted by Gasteiger charge is 2.38. The van der Waals surface area contributed by atoms with Gasteiger partial charge in [-0.2, -0.15) is 5.10 Å². The number of aliphatic hydroxyl groups is 1. The number of sulfone groups is 1. The summed E-state index contributed by atoms with van der Waals surface area (Å²) in [5, 5.41) is 15.6. The number of hydrogen-bond donors (Lipinski definition) is 2. The summed E-state index contributed by atoms with van der Waals surface area (Å²) >= 11 is 0. The molecular weight excluding hydrogens is 440 g/mol. The van der Waals surface area contributed by atoms with E-state index >= 15 is 0 Å². The summed E-state index contributed by atoms with van der Waals surface area (Å²) in [6.45, 7) is 0.193. The van der Waals surface area contributed by atoms with Gasteiger partial charge < -0.3 is 10.4 Å². The van der Waals surface area contributed by atoms with Gasteiger partial charge in [-0.1, -0.05) is 12.1 Å². The number of aliphatic hydroxyl groups excluding tert-OH is 1. The van der Waals surface area contributed by atoms with Crippen LogP contribution in [-0.4, -0.2) is 53.4 Å². The molecule has 1 aromatic carbocycles. The van der Waals surface area contributed by atoms with Crippen molar-refractivity contribution in [3.63, 3.8) is 0 Å². The van der Waals surface area contributed by atoms with Gasteiger partial charge in [-0.05, 0) is 55.7 Å². The summed E-state index contributed by atoms with van der Waals surface area (Å²) in [4.78, 5) is 13.3. The molecule has 2 N–H and O–H groups in total. The number of carbonyl (C=O) groups is 1. The second-order valence-corrected chi connectivity index (χ2v) is 10.9. The zero-order valence-corrected chi connectivity index (χ0v) is 18.3. The highest BCUT2D eigenvalue weighted by atomic mass is 32.2. The third kappa shape index (κ3) is 5.01. The Morgan fingerprint density at radius 1 is 1.16 bits per heavy atom. The second kappa shape index (κ2) is 9.27. The van der Waals surface area contributed by atoms with Crippen molar-refractivity contribution in [2.45, 2.75) is 67.1 Å². The van der Waals surface area contributed by atoms with Crippen LogP contribution in [-0.2, 0) is 21.2 Å². The van der Waals surface area contributed by atoms with Crippen LogP contribution >= 0.6 is 0 Å². The van der Waals surface area contributed by atoms with Crippen LogP contribution in [0.4, 0.5) is 14.6 Å². The van der Waals surface area contributed by atoms with E-state index < -0.39 is 28.1 Å². The van der Waals surface area contributed by atoms with Crippen LogP contribution in [0.2, 0.25) is 0 Å². The number of nitrogens with one attached hydrogen (secondary N) is 1. The Balaban J connectivity index is 1.54. The zero-order chi connectivity index (χ0) is 22.9. The summed E-state index contributed by atoms with van der Waals surface area (Å²) < 4.78 is 53.9. The standard InChI is InChI=1S/C22H27F2N3O4S/c23-19-12-14(13-20(19)24)11-18(22(29)25-21-7-8-27(26-21)9-10-28)15-1-3-16(4-2-15)32(30,31)17-5-6-17/h1-4,7-8,14,17-20,28H,5-6,9-13H2,(H,25,26,29)/t14?,18-,19-,20+/m1/s1. The largest absolute Gasteiger partial charge is 0.394 e. The Hall–Kier alpha value is -2.33. The number of aromatic nitrogens is 2. The summed E-state index contributed by atoms with van der Waals surface area (Å²) in [5.41, 5.74) is 0.588. The minimum absolute atomic E-state index is 0.0597. The molecule has 10 heteroatoms. The molecule has 7 nitrogen and oxygen atoms in total. The van der Waals surface area contributed by atoms with E-state index in [9.17, 15) is 22.0 Å². The quantitative estimate of drug-likeness (QED) is 0.590. The molecule has 2 saturated carbocycles. The van der Waals surface area contributed by atoms with Gasteiger partial charge in [0, 0.05) is 12.3 Å². The summed E-state index contributed by atoms with van der Waals surface area (Å²) in [6.07, 6.45) is 0.264. The van der Waals surface area contributed by atoms with E-state index in [4.69, 9.17) is 5.11 Å². The highest BCUT2D eigenvalue weighted by Crippen LogP contribution is 2.39. The monoisotopic (exact) mass is 467 g/mol. The predicted octanol–water partition coefficient (Wildman–Crippen LogP) is 3.01. The average molecular weight is 468 g/mol. The lowest BCUT2D eigenvalue weighted by atomic mass is 9.87. The van der Waals surface area contributed by atoms with E-state index in [1.807, 2.05) is 0 Å². The molecule has 2 aliphatic rings. The Kier molecular flexibility index (Phi) is 6.62. The summed E-state index contributed by atoms with van der Waals surface area (Å²) in [5.74, 6) is -1.08. The van der Waals surface area contributed by atoms with Crippen molar-refractivity contribution in [1.29, 1.82) is 0 Å². The van der Waals surface area contributed by atoms with E-state index in [-0.39, 0.29) is 54.4 Å². The molecule has 2 aliphatic carbocycles. The molecule has 2 fully saturated rings. The Morgan fingerprint density at radius 3 is 2.41 bits per heavy atom. The maximum absolute atomic E-state index is 13.7. The fraction of sp³-hybridized carbons (Fsp3) is 0.545. The van der Waals surface area contributed by atoms with Gasteiger partial charge in [-0.15, -0.1) is 0 Å². The number of anilines is 1. The van der Waals surface area contributed by atoms with Crippen LogP contribution in [0.3, 0.4) is 0 Å². The summed E-state index contributed by atoms with van der Waals surface area (Å²) in [7, 11) is -3.35. The Morgan fingerprint density at radius 2 is 1.81 bits per heavy atom. The van der Waals surface area contributed by atoms with Crippen LogP contribution in [0.1, 0.15) is 43.6 Å². The SMILES string of the molecule is O=C(Nc1ccn(CCO)n1)[C@H](CC1C[C@@H](F)[C@@H](F)C1)c1ccc(S(=O)(=O)C2CC2)cc1. The molecule has 32 heavy (non-hydrogen) atoms. The number of halogens is 2. The maximum atomic E-state index is 13.7. The van der Waals surface area contributed by atoms with Gasteiger partial charge in [0.05, 0.1) is 29.2 Å².